The second-order valence-electron chi connectivity index (χ2n) is 9.62. The van der Waals surface area contributed by atoms with Crippen LogP contribution in [-0.4, -0.2) is 17.0 Å². The largest absolute Gasteiger partial charge is 0.507 e. The number of aliphatic imine (C=N–C) groups is 1. The summed E-state index contributed by atoms with van der Waals surface area (Å²) in [4.78, 5) is 16.9. The molecular formula is C25H29NO3. The first kappa shape index (κ1) is 20.8. The van der Waals surface area contributed by atoms with Crippen LogP contribution >= 0.6 is 0 Å². The Morgan fingerprint density at radius 3 is 2.03 bits per heavy atom. The molecule has 29 heavy (non-hydrogen) atoms. The summed E-state index contributed by atoms with van der Waals surface area (Å²) < 4.78 is 5.43. The molecule has 0 aromatic heterocycles. The van der Waals surface area contributed by atoms with E-state index in [0.29, 0.717) is 11.6 Å². The molecule has 0 unspecified atom stereocenters. The van der Waals surface area contributed by atoms with Gasteiger partial charge in [0.15, 0.2) is 5.70 Å². The van der Waals surface area contributed by atoms with Gasteiger partial charge in [-0.3, -0.25) is 0 Å². The van der Waals surface area contributed by atoms with Gasteiger partial charge >= 0.3 is 5.97 Å². The molecule has 0 radical (unpaired) electrons. The molecule has 0 saturated carbocycles. The van der Waals surface area contributed by atoms with Crippen molar-refractivity contribution >= 4 is 17.9 Å². The lowest BCUT2D eigenvalue weighted by molar-refractivity contribution is -0.129. The average Bonchev–Trinajstić information content (AvgIpc) is 2.95. The lowest BCUT2D eigenvalue weighted by Gasteiger charge is -2.27. The monoisotopic (exact) mass is 391 g/mol. The van der Waals surface area contributed by atoms with E-state index in [4.69, 9.17) is 4.74 Å². The summed E-state index contributed by atoms with van der Waals surface area (Å²) in [6.07, 6.45) is 1.73. The van der Waals surface area contributed by atoms with Crippen LogP contribution in [0.3, 0.4) is 0 Å². The van der Waals surface area contributed by atoms with Gasteiger partial charge in [-0.05, 0) is 53.2 Å². The van der Waals surface area contributed by atoms with Crippen molar-refractivity contribution in [1.29, 1.82) is 0 Å². The number of nitrogens with zero attached hydrogens (tertiary/aromatic N) is 1. The van der Waals surface area contributed by atoms with E-state index in [9.17, 15) is 9.90 Å². The summed E-state index contributed by atoms with van der Waals surface area (Å²) in [5.74, 6) is 0.168. The van der Waals surface area contributed by atoms with Gasteiger partial charge in [0.25, 0.3) is 0 Å². The molecule has 0 amide bonds. The molecule has 0 aliphatic carbocycles. The minimum Gasteiger partial charge on any atom is -0.507 e. The Morgan fingerprint density at radius 1 is 0.966 bits per heavy atom. The Labute approximate surface area is 173 Å². The zero-order valence-corrected chi connectivity index (χ0v) is 18.3. The van der Waals surface area contributed by atoms with Crippen LogP contribution in [0.25, 0.3) is 6.08 Å². The number of hydrogen-bond acceptors (Lipinski definition) is 4. The SMILES string of the molecule is Cc1ccccc1C1=N/C(=C/c2cc(C(C)(C)C)c(O)c(C(C)(C)C)c2)C(=O)O1. The number of carbonyl (C=O) groups is 1. The molecular weight excluding hydrogens is 362 g/mol. The Morgan fingerprint density at radius 2 is 1.52 bits per heavy atom. The fourth-order valence-corrected chi connectivity index (χ4v) is 3.38. The topological polar surface area (TPSA) is 58.9 Å². The highest BCUT2D eigenvalue weighted by Crippen LogP contribution is 2.40. The standard InChI is InChI=1S/C25H29NO3/c1-15-10-8-9-11-17(15)22-26-20(23(28)29-22)14-16-12-18(24(2,3)4)21(27)19(13-16)25(5,6)7/h8-14,27H,1-7H3/b20-14+. The van der Waals surface area contributed by atoms with Gasteiger partial charge < -0.3 is 9.84 Å². The van der Waals surface area contributed by atoms with E-state index in [1.165, 1.54) is 0 Å². The number of rotatable bonds is 2. The first-order valence-corrected chi connectivity index (χ1v) is 9.84. The lowest BCUT2D eigenvalue weighted by atomic mass is 9.78. The van der Waals surface area contributed by atoms with Gasteiger partial charge in [0.05, 0.1) is 0 Å². The van der Waals surface area contributed by atoms with Crippen molar-refractivity contribution in [3.8, 4) is 5.75 Å². The molecule has 4 heteroatoms. The maximum Gasteiger partial charge on any atom is 0.363 e. The predicted octanol–water partition coefficient (Wildman–Crippen LogP) is 5.64. The highest BCUT2D eigenvalue weighted by molar-refractivity contribution is 6.13. The van der Waals surface area contributed by atoms with Crippen molar-refractivity contribution in [2.45, 2.75) is 59.3 Å². The summed E-state index contributed by atoms with van der Waals surface area (Å²) >= 11 is 0. The van der Waals surface area contributed by atoms with Crippen LogP contribution in [0.2, 0.25) is 0 Å². The quantitative estimate of drug-likeness (QED) is 0.532. The third-order valence-corrected chi connectivity index (χ3v) is 5.05. The first-order chi connectivity index (χ1) is 13.4. The van der Waals surface area contributed by atoms with Crippen molar-refractivity contribution in [1.82, 2.24) is 0 Å². The summed E-state index contributed by atoms with van der Waals surface area (Å²) in [6.45, 7) is 14.3. The minimum absolute atomic E-state index is 0.246. The third kappa shape index (κ3) is 4.26. The second kappa shape index (κ2) is 7.18. The normalized spacial score (nSPS) is 16.2. The van der Waals surface area contributed by atoms with Crippen LogP contribution in [0, 0.1) is 6.92 Å². The smallest absolute Gasteiger partial charge is 0.363 e. The number of aromatic hydroxyl groups is 1. The molecule has 0 fully saturated rings. The minimum atomic E-state index is -0.467. The van der Waals surface area contributed by atoms with Crippen LogP contribution in [0.5, 0.6) is 5.75 Å². The van der Waals surface area contributed by atoms with Gasteiger partial charge in [0, 0.05) is 16.7 Å². The molecule has 2 aromatic rings. The number of esters is 1. The summed E-state index contributed by atoms with van der Waals surface area (Å²) in [7, 11) is 0. The van der Waals surface area contributed by atoms with Gasteiger partial charge in [-0.1, -0.05) is 59.7 Å². The van der Waals surface area contributed by atoms with Crippen molar-refractivity contribution in [2.24, 2.45) is 4.99 Å². The molecule has 1 heterocycles. The third-order valence-electron chi connectivity index (χ3n) is 5.05. The van der Waals surface area contributed by atoms with Gasteiger partial charge in [-0.15, -0.1) is 0 Å². The predicted molar refractivity (Wildman–Crippen MR) is 117 cm³/mol. The van der Waals surface area contributed by atoms with Crippen LogP contribution in [0.1, 0.15) is 69.4 Å². The molecule has 3 rings (SSSR count). The molecule has 1 aliphatic heterocycles. The number of aryl methyl sites for hydroxylation is 1. The summed E-state index contributed by atoms with van der Waals surface area (Å²) in [5.41, 5.74) is 4.07. The zero-order chi connectivity index (χ0) is 21.6. The van der Waals surface area contributed by atoms with E-state index in [1.54, 1.807) is 6.08 Å². The molecule has 2 aromatic carbocycles. The maximum absolute atomic E-state index is 12.4. The molecule has 4 nitrogen and oxygen atoms in total. The molecule has 0 saturated heterocycles. The fourth-order valence-electron chi connectivity index (χ4n) is 3.38. The Bertz CT molecular complexity index is 996. The van der Waals surface area contributed by atoms with Crippen molar-refractivity contribution < 1.29 is 14.6 Å². The zero-order valence-electron chi connectivity index (χ0n) is 18.3. The lowest BCUT2D eigenvalue weighted by Crippen LogP contribution is -2.17. The highest BCUT2D eigenvalue weighted by Gasteiger charge is 2.28. The number of phenolic OH excluding ortho intramolecular Hbond substituents is 1. The van der Waals surface area contributed by atoms with Crippen molar-refractivity contribution in [2.75, 3.05) is 0 Å². The van der Waals surface area contributed by atoms with E-state index in [1.807, 2.05) is 43.3 Å². The van der Waals surface area contributed by atoms with Gasteiger partial charge in [-0.2, -0.15) is 0 Å². The number of ether oxygens (including phenoxy) is 1. The molecule has 152 valence electrons. The van der Waals surface area contributed by atoms with Crippen molar-refractivity contribution in [3.05, 3.63) is 69.9 Å². The molecule has 1 N–H and O–H groups in total. The van der Waals surface area contributed by atoms with E-state index >= 15 is 0 Å². The number of benzene rings is 2. The molecule has 0 spiro atoms. The van der Waals surface area contributed by atoms with Crippen LogP contribution < -0.4 is 0 Å². The number of phenols is 1. The number of hydrogen-bond donors (Lipinski definition) is 1. The number of carbonyl (C=O) groups excluding carboxylic acids is 1. The van der Waals surface area contributed by atoms with Gasteiger partial charge in [0.1, 0.15) is 5.75 Å². The van der Waals surface area contributed by atoms with E-state index < -0.39 is 5.97 Å². The molecule has 0 bridgehead atoms. The van der Waals surface area contributed by atoms with Crippen molar-refractivity contribution in [3.63, 3.8) is 0 Å². The van der Waals surface area contributed by atoms with Crippen LogP contribution in [0.15, 0.2) is 47.1 Å². The van der Waals surface area contributed by atoms with Crippen LogP contribution in [0.4, 0.5) is 0 Å². The second-order valence-corrected chi connectivity index (χ2v) is 9.62. The molecule has 1 aliphatic rings. The number of cyclic esters (lactones) is 1. The van der Waals surface area contributed by atoms with Gasteiger partial charge in [-0.25, -0.2) is 9.79 Å². The summed E-state index contributed by atoms with van der Waals surface area (Å²) in [6, 6.07) is 11.5. The fraction of sp³-hybridized carbons (Fsp3) is 0.360. The van der Waals surface area contributed by atoms with Gasteiger partial charge in [0.2, 0.25) is 5.90 Å². The summed E-state index contributed by atoms with van der Waals surface area (Å²) in [5, 5.41) is 10.9. The molecule has 0 atom stereocenters. The van der Waals surface area contributed by atoms with Crippen LogP contribution in [-0.2, 0) is 20.4 Å². The Hall–Kier alpha value is -2.88. The Kier molecular flexibility index (Phi) is 5.16. The van der Waals surface area contributed by atoms with E-state index in [0.717, 1.165) is 27.8 Å². The van der Waals surface area contributed by atoms with E-state index in [2.05, 4.69) is 46.5 Å². The van der Waals surface area contributed by atoms with E-state index in [-0.39, 0.29) is 16.5 Å². The highest BCUT2D eigenvalue weighted by atomic mass is 16.6. The first-order valence-electron chi connectivity index (χ1n) is 9.84. The average molecular weight is 392 g/mol. The maximum atomic E-state index is 12.4. The Balaban J connectivity index is 2.12.